The van der Waals surface area contributed by atoms with Gasteiger partial charge in [0.25, 0.3) is 0 Å². The quantitative estimate of drug-likeness (QED) is 0.756. The minimum atomic E-state index is -0.509. The van der Waals surface area contributed by atoms with Crippen molar-refractivity contribution in [1.29, 1.82) is 0 Å². The number of rotatable bonds is 1. The first-order valence-electron chi connectivity index (χ1n) is 5.64. The van der Waals surface area contributed by atoms with E-state index >= 15 is 0 Å². The van der Waals surface area contributed by atoms with Crippen LogP contribution in [0.1, 0.15) is 27.2 Å². The minimum Gasteiger partial charge on any atom is -0.453 e. The summed E-state index contributed by atoms with van der Waals surface area (Å²) in [5.74, 6) is 0. The SMILES string of the molecule is COC(=O)N1CCC(NC(=O)OC(C)(C)C)C1. The van der Waals surface area contributed by atoms with Gasteiger partial charge in [0.15, 0.2) is 0 Å². The lowest BCUT2D eigenvalue weighted by molar-refractivity contribution is 0.0504. The number of likely N-dealkylation sites (tertiary alicyclic amines) is 1. The summed E-state index contributed by atoms with van der Waals surface area (Å²) in [4.78, 5) is 24.3. The van der Waals surface area contributed by atoms with Gasteiger partial charge >= 0.3 is 12.2 Å². The van der Waals surface area contributed by atoms with E-state index in [0.29, 0.717) is 19.5 Å². The summed E-state index contributed by atoms with van der Waals surface area (Å²) in [6.45, 7) is 6.48. The molecule has 1 rings (SSSR count). The zero-order chi connectivity index (χ0) is 13.1. The number of methoxy groups -OCH3 is 1. The molecule has 0 aromatic carbocycles. The molecule has 6 nitrogen and oxygen atoms in total. The first kappa shape index (κ1) is 13.6. The lowest BCUT2D eigenvalue weighted by Gasteiger charge is -2.21. The highest BCUT2D eigenvalue weighted by Gasteiger charge is 2.29. The van der Waals surface area contributed by atoms with Crippen molar-refractivity contribution in [3.63, 3.8) is 0 Å². The summed E-state index contributed by atoms with van der Waals surface area (Å²) >= 11 is 0. The molecular weight excluding hydrogens is 224 g/mol. The second-order valence-corrected chi connectivity index (χ2v) is 5.05. The van der Waals surface area contributed by atoms with E-state index in [9.17, 15) is 9.59 Å². The Morgan fingerprint density at radius 1 is 1.35 bits per heavy atom. The van der Waals surface area contributed by atoms with Crippen molar-refractivity contribution in [2.24, 2.45) is 0 Å². The summed E-state index contributed by atoms with van der Waals surface area (Å²) in [5.41, 5.74) is -0.509. The number of hydrogen-bond acceptors (Lipinski definition) is 4. The highest BCUT2D eigenvalue weighted by atomic mass is 16.6. The number of nitrogens with zero attached hydrogens (tertiary/aromatic N) is 1. The molecule has 1 atom stereocenters. The van der Waals surface area contributed by atoms with Crippen molar-refractivity contribution in [3.8, 4) is 0 Å². The van der Waals surface area contributed by atoms with Crippen LogP contribution in [-0.2, 0) is 9.47 Å². The number of carbonyl (C=O) groups excluding carboxylic acids is 2. The van der Waals surface area contributed by atoms with Crippen molar-refractivity contribution in [2.75, 3.05) is 20.2 Å². The molecule has 0 bridgehead atoms. The van der Waals surface area contributed by atoms with Gasteiger partial charge in [-0.05, 0) is 27.2 Å². The summed E-state index contributed by atoms with van der Waals surface area (Å²) in [5, 5.41) is 2.73. The Kier molecular flexibility index (Phi) is 4.20. The first-order valence-corrected chi connectivity index (χ1v) is 5.64. The summed E-state index contributed by atoms with van der Waals surface area (Å²) in [6.07, 6.45) is -0.0957. The van der Waals surface area contributed by atoms with Crippen molar-refractivity contribution in [2.45, 2.75) is 38.8 Å². The molecule has 0 spiro atoms. The maximum Gasteiger partial charge on any atom is 0.409 e. The maximum absolute atomic E-state index is 11.5. The Labute approximate surface area is 101 Å². The van der Waals surface area contributed by atoms with Crippen LogP contribution in [0, 0.1) is 0 Å². The van der Waals surface area contributed by atoms with Gasteiger partial charge < -0.3 is 19.7 Å². The van der Waals surface area contributed by atoms with Crippen molar-refractivity contribution in [1.82, 2.24) is 10.2 Å². The average Bonchev–Trinajstić information content (AvgIpc) is 2.62. The van der Waals surface area contributed by atoms with Crippen molar-refractivity contribution >= 4 is 12.2 Å². The monoisotopic (exact) mass is 244 g/mol. The van der Waals surface area contributed by atoms with Gasteiger partial charge in [-0.15, -0.1) is 0 Å². The van der Waals surface area contributed by atoms with Crippen LogP contribution in [0.4, 0.5) is 9.59 Å². The van der Waals surface area contributed by atoms with E-state index < -0.39 is 11.7 Å². The summed E-state index contributed by atoms with van der Waals surface area (Å²) in [6, 6.07) is -0.0658. The Morgan fingerprint density at radius 2 is 2.00 bits per heavy atom. The van der Waals surface area contributed by atoms with Crippen molar-refractivity contribution in [3.05, 3.63) is 0 Å². The molecule has 1 saturated heterocycles. The molecule has 1 aliphatic rings. The van der Waals surface area contributed by atoms with Gasteiger partial charge in [0, 0.05) is 13.1 Å². The molecule has 0 aliphatic carbocycles. The largest absolute Gasteiger partial charge is 0.453 e. The number of ether oxygens (including phenoxy) is 2. The maximum atomic E-state index is 11.5. The standard InChI is InChI=1S/C11H20N2O4/c1-11(2,3)17-9(14)12-8-5-6-13(7-8)10(15)16-4/h8H,5-7H2,1-4H3,(H,12,14). The molecule has 1 fully saturated rings. The van der Waals surface area contributed by atoms with Crippen LogP contribution in [-0.4, -0.2) is 48.9 Å². The molecule has 0 aromatic heterocycles. The molecule has 98 valence electrons. The molecule has 0 saturated carbocycles. The van der Waals surface area contributed by atoms with Crippen LogP contribution in [0.5, 0.6) is 0 Å². The van der Waals surface area contributed by atoms with Crippen LogP contribution < -0.4 is 5.32 Å². The van der Waals surface area contributed by atoms with E-state index in [2.05, 4.69) is 10.1 Å². The minimum absolute atomic E-state index is 0.0658. The van der Waals surface area contributed by atoms with Crippen LogP contribution in [0.15, 0.2) is 0 Å². The fraction of sp³-hybridized carbons (Fsp3) is 0.818. The van der Waals surface area contributed by atoms with Gasteiger partial charge in [0.05, 0.1) is 13.2 Å². The fourth-order valence-corrected chi connectivity index (χ4v) is 1.65. The van der Waals surface area contributed by atoms with Crippen LogP contribution >= 0.6 is 0 Å². The number of nitrogens with one attached hydrogen (secondary N) is 1. The second kappa shape index (κ2) is 5.25. The molecule has 1 N–H and O–H groups in total. The number of hydrogen-bond donors (Lipinski definition) is 1. The Balaban J connectivity index is 2.35. The van der Waals surface area contributed by atoms with E-state index in [-0.39, 0.29) is 12.1 Å². The van der Waals surface area contributed by atoms with Gasteiger partial charge in [-0.2, -0.15) is 0 Å². The normalized spacial score (nSPS) is 20.0. The first-order chi connectivity index (χ1) is 7.81. The lowest BCUT2D eigenvalue weighted by atomic mass is 10.2. The van der Waals surface area contributed by atoms with Gasteiger partial charge in [-0.25, -0.2) is 9.59 Å². The average molecular weight is 244 g/mol. The van der Waals surface area contributed by atoms with E-state index in [0.717, 1.165) is 0 Å². The predicted molar refractivity (Wildman–Crippen MR) is 61.8 cm³/mol. The van der Waals surface area contributed by atoms with Crippen LogP contribution in [0.3, 0.4) is 0 Å². The van der Waals surface area contributed by atoms with Gasteiger partial charge in [0.1, 0.15) is 5.60 Å². The molecule has 0 radical (unpaired) electrons. The van der Waals surface area contributed by atoms with Gasteiger partial charge in [0.2, 0.25) is 0 Å². The van der Waals surface area contributed by atoms with E-state index in [1.54, 1.807) is 4.90 Å². The van der Waals surface area contributed by atoms with Crippen LogP contribution in [0.2, 0.25) is 0 Å². The molecule has 17 heavy (non-hydrogen) atoms. The van der Waals surface area contributed by atoms with E-state index in [1.165, 1.54) is 7.11 Å². The zero-order valence-corrected chi connectivity index (χ0v) is 10.8. The zero-order valence-electron chi connectivity index (χ0n) is 10.8. The summed E-state index contributed by atoms with van der Waals surface area (Å²) in [7, 11) is 1.34. The summed E-state index contributed by atoms with van der Waals surface area (Å²) < 4.78 is 9.75. The Bertz CT molecular complexity index is 298. The van der Waals surface area contributed by atoms with Crippen molar-refractivity contribution < 1.29 is 19.1 Å². The predicted octanol–water partition coefficient (Wildman–Crippen LogP) is 1.35. The topological polar surface area (TPSA) is 67.9 Å². The smallest absolute Gasteiger partial charge is 0.409 e. The Hall–Kier alpha value is -1.46. The van der Waals surface area contributed by atoms with E-state index in [4.69, 9.17) is 4.74 Å². The molecule has 1 unspecified atom stereocenters. The highest BCUT2D eigenvalue weighted by Crippen LogP contribution is 2.12. The lowest BCUT2D eigenvalue weighted by Crippen LogP contribution is -2.41. The Morgan fingerprint density at radius 3 is 2.53 bits per heavy atom. The molecule has 0 aromatic rings. The molecule has 1 aliphatic heterocycles. The van der Waals surface area contributed by atoms with Crippen LogP contribution in [0.25, 0.3) is 0 Å². The molecular formula is C11H20N2O4. The van der Waals surface area contributed by atoms with Gasteiger partial charge in [-0.1, -0.05) is 0 Å². The van der Waals surface area contributed by atoms with E-state index in [1.807, 2.05) is 20.8 Å². The number of carbonyl (C=O) groups is 2. The third-order valence-electron chi connectivity index (χ3n) is 2.34. The second-order valence-electron chi connectivity index (χ2n) is 5.05. The third-order valence-corrected chi connectivity index (χ3v) is 2.34. The third kappa shape index (κ3) is 4.50. The molecule has 1 heterocycles. The van der Waals surface area contributed by atoms with Gasteiger partial charge in [-0.3, -0.25) is 0 Å². The highest BCUT2D eigenvalue weighted by molar-refractivity contribution is 5.70. The number of amides is 2. The fourth-order valence-electron chi connectivity index (χ4n) is 1.65. The number of alkyl carbamates (subject to hydrolysis) is 1. The molecule has 6 heteroatoms. The molecule has 2 amide bonds.